The summed E-state index contributed by atoms with van der Waals surface area (Å²) in [5, 5.41) is 2.92. The van der Waals surface area contributed by atoms with Crippen LogP contribution in [0.25, 0.3) is 0 Å². The third-order valence-corrected chi connectivity index (χ3v) is 3.76. The quantitative estimate of drug-likeness (QED) is 0.916. The standard InChI is InChI=1S/C13H15BrN2OS/c1-9(15)6-10-2-3-12(11(14)7-10)17-8-13-16-4-5-18-13/h2-5,7,9H,6,8,15H2,1H3. The molecule has 0 bridgehead atoms. The largest absolute Gasteiger partial charge is 0.485 e. The highest BCUT2D eigenvalue weighted by atomic mass is 79.9. The van der Waals surface area contributed by atoms with Gasteiger partial charge in [-0.3, -0.25) is 0 Å². The number of nitrogens with zero attached hydrogens (tertiary/aromatic N) is 1. The van der Waals surface area contributed by atoms with Crippen molar-refractivity contribution in [1.82, 2.24) is 4.98 Å². The second-order valence-electron chi connectivity index (χ2n) is 4.16. The Labute approximate surface area is 119 Å². The fourth-order valence-electron chi connectivity index (χ4n) is 1.62. The number of rotatable bonds is 5. The third kappa shape index (κ3) is 3.80. The molecule has 0 radical (unpaired) electrons. The van der Waals surface area contributed by atoms with Crippen LogP contribution in [-0.2, 0) is 13.0 Å². The molecule has 2 aromatic rings. The van der Waals surface area contributed by atoms with Crippen molar-refractivity contribution in [3.63, 3.8) is 0 Å². The lowest BCUT2D eigenvalue weighted by Crippen LogP contribution is -2.17. The summed E-state index contributed by atoms with van der Waals surface area (Å²) in [7, 11) is 0. The first-order valence-corrected chi connectivity index (χ1v) is 7.37. The van der Waals surface area contributed by atoms with Gasteiger partial charge in [0.15, 0.2) is 0 Å². The molecule has 0 saturated heterocycles. The summed E-state index contributed by atoms with van der Waals surface area (Å²) in [6.07, 6.45) is 2.65. The van der Waals surface area contributed by atoms with E-state index in [9.17, 15) is 0 Å². The molecule has 2 N–H and O–H groups in total. The summed E-state index contributed by atoms with van der Waals surface area (Å²) in [6.45, 7) is 2.50. The molecule has 96 valence electrons. The van der Waals surface area contributed by atoms with Gasteiger partial charge in [0, 0.05) is 17.6 Å². The molecule has 1 atom stereocenters. The molecule has 0 spiro atoms. The molecule has 1 unspecified atom stereocenters. The molecule has 0 amide bonds. The molecule has 0 aliphatic rings. The molecule has 1 heterocycles. The van der Waals surface area contributed by atoms with Gasteiger partial charge >= 0.3 is 0 Å². The van der Waals surface area contributed by atoms with Gasteiger partial charge in [-0.1, -0.05) is 6.07 Å². The van der Waals surface area contributed by atoms with Gasteiger partial charge in [-0.15, -0.1) is 11.3 Å². The monoisotopic (exact) mass is 326 g/mol. The van der Waals surface area contributed by atoms with Crippen molar-refractivity contribution < 1.29 is 4.74 Å². The van der Waals surface area contributed by atoms with Gasteiger partial charge in [0.05, 0.1) is 4.47 Å². The second kappa shape index (κ2) is 6.31. The number of ether oxygens (including phenoxy) is 1. The minimum atomic E-state index is 0.166. The van der Waals surface area contributed by atoms with Crippen molar-refractivity contribution in [2.45, 2.75) is 26.0 Å². The van der Waals surface area contributed by atoms with Gasteiger partial charge in [-0.2, -0.15) is 0 Å². The third-order valence-electron chi connectivity index (χ3n) is 2.39. The molecular weight excluding hydrogens is 312 g/mol. The minimum Gasteiger partial charge on any atom is -0.485 e. The number of nitrogens with two attached hydrogens (primary N) is 1. The molecule has 0 aliphatic heterocycles. The summed E-state index contributed by atoms with van der Waals surface area (Å²) < 4.78 is 6.67. The van der Waals surface area contributed by atoms with E-state index in [1.165, 1.54) is 5.56 Å². The molecule has 1 aromatic heterocycles. The van der Waals surface area contributed by atoms with E-state index in [2.05, 4.69) is 27.0 Å². The zero-order chi connectivity index (χ0) is 13.0. The van der Waals surface area contributed by atoms with Gasteiger partial charge in [0.25, 0.3) is 0 Å². The van der Waals surface area contributed by atoms with Crippen molar-refractivity contribution in [3.05, 3.63) is 44.8 Å². The van der Waals surface area contributed by atoms with E-state index < -0.39 is 0 Å². The number of aromatic nitrogens is 1. The Balaban J connectivity index is 2.01. The lowest BCUT2D eigenvalue weighted by Gasteiger charge is -2.10. The van der Waals surface area contributed by atoms with Crippen molar-refractivity contribution in [2.75, 3.05) is 0 Å². The van der Waals surface area contributed by atoms with Crippen LogP contribution in [0.15, 0.2) is 34.2 Å². The van der Waals surface area contributed by atoms with Crippen LogP contribution in [0.5, 0.6) is 5.75 Å². The highest BCUT2D eigenvalue weighted by Gasteiger charge is 2.05. The summed E-state index contributed by atoms with van der Waals surface area (Å²) in [6, 6.07) is 6.24. The van der Waals surface area contributed by atoms with Crippen LogP contribution in [0.4, 0.5) is 0 Å². The summed E-state index contributed by atoms with van der Waals surface area (Å²) in [5.74, 6) is 0.832. The van der Waals surface area contributed by atoms with Crippen LogP contribution < -0.4 is 10.5 Å². The second-order valence-corrected chi connectivity index (χ2v) is 5.99. The van der Waals surface area contributed by atoms with Crippen molar-refractivity contribution in [1.29, 1.82) is 0 Å². The van der Waals surface area contributed by atoms with Crippen LogP contribution in [0.1, 0.15) is 17.5 Å². The zero-order valence-electron chi connectivity index (χ0n) is 10.1. The molecular formula is C13H15BrN2OS. The van der Waals surface area contributed by atoms with Crippen LogP contribution in [0.2, 0.25) is 0 Å². The maximum absolute atomic E-state index is 5.78. The first kappa shape index (κ1) is 13.5. The van der Waals surface area contributed by atoms with E-state index in [1.807, 2.05) is 24.4 Å². The minimum absolute atomic E-state index is 0.166. The van der Waals surface area contributed by atoms with Gasteiger partial charge in [0.1, 0.15) is 17.4 Å². The number of hydrogen-bond acceptors (Lipinski definition) is 4. The summed E-state index contributed by atoms with van der Waals surface area (Å²) in [5.41, 5.74) is 6.99. The van der Waals surface area contributed by atoms with Gasteiger partial charge in [-0.05, 0) is 47.0 Å². The van der Waals surface area contributed by atoms with Gasteiger partial charge in [-0.25, -0.2) is 4.98 Å². The number of thiazole rings is 1. The summed E-state index contributed by atoms with van der Waals surface area (Å²) >= 11 is 5.11. The first-order valence-electron chi connectivity index (χ1n) is 5.70. The van der Waals surface area contributed by atoms with E-state index in [4.69, 9.17) is 10.5 Å². The average Bonchev–Trinajstić information content (AvgIpc) is 2.80. The van der Waals surface area contributed by atoms with Gasteiger partial charge < -0.3 is 10.5 Å². The molecule has 1 aromatic carbocycles. The SMILES string of the molecule is CC(N)Cc1ccc(OCc2nccs2)c(Br)c1. The molecule has 0 fully saturated rings. The van der Waals surface area contributed by atoms with Crippen LogP contribution in [-0.4, -0.2) is 11.0 Å². The fraction of sp³-hybridized carbons (Fsp3) is 0.308. The van der Waals surface area contributed by atoms with Crippen molar-refractivity contribution >= 4 is 27.3 Å². The first-order chi connectivity index (χ1) is 8.65. The van der Waals surface area contributed by atoms with Crippen LogP contribution >= 0.6 is 27.3 Å². The fourth-order valence-corrected chi connectivity index (χ4v) is 2.69. The van der Waals surface area contributed by atoms with Crippen molar-refractivity contribution in [3.8, 4) is 5.75 Å². The van der Waals surface area contributed by atoms with E-state index in [0.29, 0.717) is 6.61 Å². The number of halogens is 1. The van der Waals surface area contributed by atoms with E-state index >= 15 is 0 Å². The van der Waals surface area contributed by atoms with Gasteiger partial charge in [0.2, 0.25) is 0 Å². The molecule has 5 heteroatoms. The Morgan fingerprint density at radius 3 is 2.94 bits per heavy atom. The van der Waals surface area contributed by atoms with E-state index in [-0.39, 0.29) is 6.04 Å². The van der Waals surface area contributed by atoms with Crippen LogP contribution in [0, 0.1) is 0 Å². The molecule has 0 saturated carbocycles. The number of benzene rings is 1. The molecule has 2 rings (SSSR count). The Bertz CT molecular complexity index is 500. The molecule has 18 heavy (non-hydrogen) atoms. The smallest absolute Gasteiger partial charge is 0.140 e. The molecule has 0 aliphatic carbocycles. The Hall–Kier alpha value is -0.910. The van der Waals surface area contributed by atoms with Crippen LogP contribution in [0.3, 0.4) is 0 Å². The lowest BCUT2D eigenvalue weighted by atomic mass is 10.1. The van der Waals surface area contributed by atoms with E-state index in [0.717, 1.165) is 21.7 Å². The maximum Gasteiger partial charge on any atom is 0.140 e. The predicted molar refractivity (Wildman–Crippen MR) is 77.9 cm³/mol. The Kier molecular flexibility index (Phi) is 4.74. The molecule has 3 nitrogen and oxygen atoms in total. The highest BCUT2D eigenvalue weighted by Crippen LogP contribution is 2.27. The predicted octanol–water partition coefficient (Wildman–Crippen LogP) is 3.37. The Morgan fingerprint density at radius 2 is 2.33 bits per heavy atom. The topological polar surface area (TPSA) is 48.1 Å². The number of hydrogen-bond donors (Lipinski definition) is 1. The van der Waals surface area contributed by atoms with Crippen molar-refractivity contribution in [2.24, 2.45) is 5.73 Å². The summed E-state index contributed by atoms with van der Waals surface area (Å²) in [4.78, 5) is 4.18. The van der Waals surface area contributed by atoms with E-state index in [1.54, 1.807) is 17.5 Å². The highest BCUT2D eigenvalue weighted by molar-refractivity contribution is 9.10. The lowest BCUT2D eigenvalue weighted by molar-refractivity contribution is 0.303. The normalized spacial score (nSPS) is 12.4. The average molecular weight is 327 g/mol. The maximum atomic E-state index is 5.78. The zero-order valence-corrected chi connectivity index (χ0v) is 12.5. The Morgan fingerprint density at radius 1 is 1.50 bits per heavy atom.